The van der Waals surface area contributed by atoms with Crippen LogP contribution in [0.15, 0.2) is 59.8 Å². The number of H-pyrrole nitrogens is 1. The van der Waals surface area contributed by atoms with E-state index in [2.05, 4.69) is 25.7 Å². The van der Waals surface area contributed by atoms with Gasteiger partial charge in [0.1, 0.15) is 5.82 Å². The largest absolute Gasteiger partial charge is 0.382 e. The fourth-order valence-corrected chi connectivity index (χ4v) is 3.19. The summed E-state index contributed by atoms with van der Waals surface area (Å²) >= 11 is 0. The van der Waals surface area contributed by atoms with Crippen molar-refractivity contribution in [2.75, 3.05) is 5.32 Å². The van der Waals surface area contributed by atoms with E-state index in [1.165, 1.54) is 12.8 Å². The standard InChI is InChI=1S/C21H19N5O2/c27-21(18-12-17(26-28-18)13-4-2-1-3-5-13)22-16-10-8-15(9-11-16)20-23-19(24-25-20)14-6-7-14/h1-5,8-11,14,18H,6-7,12H2,(H,22,27)(H,23,24,25)/t18-/m0/s1. The Labute approximate surface area is 161 Å². The van der Waals surface area contributed by atoms with E-state index >= 15 is 0 Å². The van der Waals surface area contributed by atoms with Crippen LogP contribution in [0.4, 0.5) is 5.69 Å². The van der Waals surface area contributed by atoms with Gasteiger partial charge in [0.2, 0.25) is 6.10 Å². The molecule has 0 unspecified atom stereocenters. The Kier molecular flexibility index (Phi) is 4.12. The van der Waals surface area contributed by atoms with Crippen molar-refractivity contribution < 1.29 is 9.63 Å². The third-order valence-electron chi connectivity index (χ3n) is 4.95. The lowest BCUT2D eigenvalue weighted by molar-refractivity contribution is -0.125. The smallest absolute Gasteiger partial charge is 0.268 e. The lowest BCUT2D eigenvalue weighted by Gasteiger charge is -2.09. The van der Waals surface area contributed by atoms with Crippen molar-refractivity contribution in [3.63, 3.8) is 0 Å². The van der Waals surface area contributed by atoms with Gasteiger partial charge in [0, 0.05) is 23.6 Å². The van der Waals surface area contributed by atoms with Crippen molar-refractivity contribution in [2.24, 2.45) is 5.16 Å². The first kappa shape index (κ1) is 16.7. The molecule has 1 aliphatic heterocycles. The van der Waals surface area contributed by atoms with Gasteiger partial charge in [-0.2, -0.15) is 5.10 Å². The molecule has 0 bridgehead atoms. The van der Waals surface area contributed by atoms with E-state index in [0.717, 1.165) is 22.7 Å². The number of hydrogen-bond acceptors (Lipinski definition) is 5. The molecule has 140 valence electrons. The molecule has 1 atom stereocenters. The summed E-state index contributed by atoms with van der Waals surface area (Å²) in [5.41, 5.74) is 3.36. The zero-order valence-electron chi connectivity index (χ0n) is 15.1. The molecular formula is C21H19N5O2. The maximum atomic E-state index is 12.5. The number of carbonyl (C=O) groups is 1. The van der Waals surface area contributed by atoms with Gasteiger partial charge < -0.3 is 10.2 Å². The van der Waals surface area contributed by atoms with Gasteiger partial charge in [-0.05, 0) is 42.7 Å². The molecule has 3 aromatic rings. The summed E-state index contributed by atoms with van der Waals surface area (Å²) in [6.07, 6.45) is 2.19. The fourth-order valence-electron chi connectivity index (χ4n) is 3.19. The number of nitrogens with one attached hydrogen (secondary N) is 2. The normalized spacial score (nSPS) is 18.4. The van der Waals surface area contributed by atoms with Crippen molar-refractivity contribution in [1.29, 1.82) is 0 Å². The zero-order chi connectivity index (χ0) is 18.9. The Bertz CT molecular complexity index is 1020. The van der Waals surface area contributed by atoms with Crippen LogP contribution in [-0.4, -0.2) is 32.9 Å². The minimum atomic E-state index is -0.621. The molecule has 2 heterocycles. The van der Waals surface area contributed by atoms with Crippen LogP contribution >= 0.6 is 0 Å². The topological polar surface area (TPSA) is 92.3 Å². The van der Waals surface area contributed by atoms with Crippen LogP contribution in [0.5, 0.6) is 0 Å². The van der Waals surface area contributed by atoms with Gasteiger partial charge >= 0.3 is 0 Å². The van der Waals surface area contributed by atoms with Crippen LogP contribution < -0.4 is 5.32 Å². The molecule has 0 radical (unpaired) electrons. The number of nitrogens with zero attached hydrogens (tertiary/aromatic N) is 3. The van der Waals surface area contributed by atoms with E-state index < -0.39 is 6.10 Å². The highest BCUT2D eigenvalue weighted by Crippen LogP contribution is 2.38. The van der Waals surface area contributed by atoms with Crippen LogP contribution in [0.3, 0.4) is 0 Å². The Hall–Kier alpha value is -3.48. The second-order valence-corrected chi connectivity index (χ2v) is 7.09. The van der Waals surface area contributed by atoms with Crippen LogP contribution in [0.2, 0.25) is 0 Å². The highest BCUT2D eigenvalue weighted by atomic mass is 16.6. The van der Waals surface area contributed by atoms with Crippen molar-refractivity contribution in [2.45, 2.75) is 31.3 Å². The van der Waals surface area contributed by atoms with Gasteiger partial charge in [0.05, 0.1) is 5.71 Å². The van der Waals surface area contributed by atoms with Crippen LogP contribution in [0.25, 0.3) is 11.4 Å². The number of benzene rings is 2. The summed E-state index contributed by atoms with van der Waals surface area (Å²) in [5, 5.41) is 14.2. The SMILES string of the molecule is O=C(Nc1ccc(-c2n[nH]c(C3CC3)n2)cc1)[C@@H]1CC(c2ccccc2)=NO1. The van der Waals surface area contributed by atoms with E-state index in [1.54, 1.807) is 0 Å². The molecule has 2 aliphatic rings. The van der Waals surface area contributed by atoms with E-state index in [9.17, 15) is 4.79 Å². The van der Waals surface area contributed by atoms with Crippen molar-refractivity contribution in [3.8, 4) is 11.4 Å². The second-order valence-electron chi connectivity index (χ2n) is 7.09. The zero-order valence-corrected chi connectivity index (χ0v) is 15.1. The summed E-state index contributed by atoms with van der Waals surface area (Å²) in [6.45, 7) is 0. The van der Waals surface area contributed by atoms with E-state index in [1.807, 2.05) is 54.6 Å². The van der Waals surface area contributed by atoms with Crippen molar-refractivity contribution >= 4 is 17.3 Å². The lowest BCUT2D eigenvalue weighted by atomic mass is 10.0. The summed E-state index contributed by atoms with van der Waals surface area (Å²) in [4.78, 5) is 22.4. The van der Waals surface area contributed by atoms with Crippen molar-refractivity contribution in [3.05, 3.63) is 66.0 Å². The number of carbonyl (C=O) groups excluding carboxylic acids is 1. The predicted octanol–water partition coefficient (Wildman–Crippen LogP) is 3.48. The molecule has 2 aromatic carbocycles. The average molecular weight is 373 g/mol. The molecule has 0 spiro atoms. The Morgan fingerprint density at radius 3 is 2.57 bits per heavy atom. The van der Waals surface area contributed by atoms with Crippen molar-refractivity contribution in [1.82, 2.24) is 15.2 Å². The molecule has 7 nitrogen and oxygen atoms in total. The number of aromatic nitrogens is 3. The van der Waals surface area contributed by atoms with Gasteiger partial charge in [-0.25, -0.2) is 4.98 Å². The van der Waals surface area contributed by atoms with Gasteiger partial charge in [-0.15, -0.1) is 0 Å². The molecule has 28 heavy (non-hydrogen) atoms. The maximum Gasteiger partial charge on any atom is 0.268 e. The molecule has 1 saturated carbocycles. The molecule has 1 aliphatic carbocycles. The predicted molar refractivity (Wildman–Crippen MR) is 105 cm³/mol. The minimum absolute atomic E-state index is 0.212. The fraction of sp³-hybridized carbons (Fsp3) is 0.238. The third-order valence-corrected chi connectivity index (χ3v) is 4.95. The van der Waals surface area contributed by atoms with E-state index in [-0.39, 0.29) is 5.91 Å². The van der Waals surface area contributed by atoms with Crippen LogP contribution in [-0.2, 0) is 9.63 Å². The van der Waals surface area contributed by atoms with Crippen LogP contribution in [0, 0.1) is 0 Å². The monoisotopic (exact) mass is 373 g/mol. The maximum absolute atomic E-state index is 12.5. The summed E-state index contributed by atoms with van der Waals surface area (Å²) < 4.78 is 0. The highest BCUT2D eigenvalue weighted by Gasteiger charge is 2.29. The number of anilines is 1. The molecule has 7 heteroatoms. The first-order chi connectivity index (χ1) is 13.8. The first-order valence-corrected chi connectivity index (χ1v) is 9.38. The molecule has 1 fully saturated rings. The third kappa shape index (κ3) is 3.38. The number of hydrogen-bond donors (Lipinski definition) is 2. The molecule has 5 rings (SSSR count). The number of rotatable bonds is 5. The van der Waals surface area contributed by atoms with Gasteiger partial charge in [-0.1, -0.05) is 35.5 Å². The first-order valence-electron chi connectivity index (χ1n) is 9.38. The second kappa shape index (κ2) is 6.92. The molecule has 1 aromatic heterocycles. The van der Waals surface area contributed by atoms with Gasteiger partial charge in [0.25, 0.3) is 5.91 Å². The number of aromatic amines is 1. The number of oxime groups is 1. The van der Waals surface area contributed by atoms with Crippen LogP contribution in [0.1, 0.15) is 36.6 Å². The molecule has 1 amide bonds. The molecule has 2 N–H and O–H groups in total. The Morgan fingerprint density at radius 2 is 1.82 bits per heavy atom. The van der Waals surface area contributed by atoms with E-state index in [4.69, 9.17) is 4.84 Å². The van der Waals surface area contributed by atoms with E-state index in [0.29, 0.717) is 23.9 Å². The molecule has 0 saturated heterocycles. The number of amides is 1. The summed E-state index contributed by atoms with van der Waals surface area (Å²) in [5.74, 6) is 1.96. The Balaban J connectivity index is 1.21. The highest BCUT2D eigenvalue weighted by molar-refractivity contribution is 6.06. The minimum Gasteiger partial charge on any atom is -0.382 e. The quantitative estimate of drug-likeness (QED) is 0.716. The molecular weight excluding hydrogens is 354 g/mol. The summed E-state index contributed by atoms with van der Waals surface area (Å²) in [6, 6.07) is 17.2. The average Bonchev–Trinajstić information content (AvgIpc) is 3.27. The lowest BCUT2D eigenvalue weighted by Crippen LogP contribution is -2.28. The van der Waals surface area contributed by atoms with Gasteiger partial charge in [0.15, 0.2) is 5.82 Å². The Morgan fingerprint density at radius 1 is 1.04 bits per heavy atom. The van der Waals surface area contributed by atoms with Gasteiger partial charge in [-0.3, -0.25) is 9.89 Å². The summed E-state index contributed by atoms with van der Waals surface area (Å²) in [7, 11) is 0.